The molecule has 0 aliphatic carbocycles. The second-order valence-electron chi connectivity index (χ2n) is 4.42. The summed E-state index contributed by atoms with van der Waals surface area (Å²) in [6.45, 7) is 2.37. The first kappa shape index (κ1) is 33.6. The highest BCUT2D eigenvalue weighted by atomic mass is 31.2. The number of hydrogen-bond acceptors (Lipinski definition) is 7. The van der Waals surface area contributed by atoms with Gasteiger partial charge in [0.25, 0.3) is 0 Å². The van der Waals surface area contributed by atoms with Gasteiger partial charge in [-0.1, -0.05) is 32.6 Å². The van der Waals surface area contributed by atoms with Gasteiger partial charge in [-0.15, -0.1) is 0 Å². The van der Waals surface area contributed by atoms with Gasteiger partial charge in [0.2, 0.25) is 0 Å². The summed E-state index contributed by atoms with van der Waals surface area (Å²) in [5.41, 5.74) is 0. The third-order valence-corrected chi connectivity index (χ3v) is 3.88. The molecular formula is C9H35N5O6P2. The minimum absolute atomic E-state index is 0. The van der Waals surface area contributed by atoms with E-state index in [0.29, 0.717) is 13.0 Å². The number of unbranched alkanes of at least 4 members (excludes halogenated alkanes) is 4. The molecule has 0 spiro atoms. The molecule has 0 fully saturated rings. The predicted octanol–water partition coefficient (Wildman–Crippen LogP) is 2.18. The number of hydrogen-bond donors (Lipinski definition) is 8. The highest BCUT2D eigenvalue weighted by Gasteiger charge is 2.25. The van der Waals surface area contributed by atoms with Crippen LogP contribution in [0.15, 0.2) is 0 Å². The maximum atomic E-state index is 10.9. The summed E-state index contributed by atoms with van der Waals surface area (Å²) >= 11 is 0. The Balaban J connectivity index is -0.000000241. The first-order valence-electron chi connectivity index (χ1n) is 5.95. The summed E-state index contributed by atoms with van der Waals surface area (Å²) in [4.78, 5) is 36.5. The average Bonchev–Trinajstić information content (AvgIpc) is 2.12. The van der Waals surface area contributed by atoms with E-state index in [1.165, 1.54) is 0 Å². The Kier molecular flexibility index (Phi) is 24.4. The topological polar surface area (TPSA) is 258 Å². The van der Waals surface area contributed by atoms with Crippen molar-refractivity contribution in [2.75, 3.05) is 19.1 Å². The Morgan fingerprint density at radius 3 is 1.41 bits per heavy atom. The first-order chi connectivity index (χ1) is 8.14. The van der Waals surface area contributed by atoms with Crippen LogP contribution in [-0.2, 0) is 9.13 Å². The summed E-state index contributed by atoms with van der Waals surface area (Å²) in [7, 11) is -8.57. The third-order valence-electron chi connectivity index (χ3n) is 2.35. The quantitative estimate of drug-likeness (QED) is 0.204. The molecule has 0 radical (unpaired) electrons. The van der Waals surface area contributed by atoms with Crippen molar-refractivity contribution in [2.45, 2.75) is 39.0 Å². The molecule has 22 heavy (non-hydrogen) atoms. The predicted molar refractivity (Wildman–Crippen MR) is 89.4 cm³/mol. The van der Waals surface area contributed by atoms with E-state index in [1.54, 1.807) is 0 Å². The van der Waals surface area contributed by atoms with Crippen molar-refractivity contribution in [3.8, 4) is 0 Å². The Morgan fingerprint density at radius 2 is 1.09 bits per heavy atom. The van der Waals surface area contributed by atoms with Gasteiger partial charge in [-0.2, -0.15) is 0 Å². The molecule has 0 saturated heterocycles. The molecule has 0 rings (SSSR count). The molecular weight excluding hydrogens is 336 g/mol. The van der Waals surface area contributed by atoms with E-state index in [1.807, 2.05) is 0 Å². The van der Waals surface area contributed by atoms with Gasteiger partial charge in [0, 0.05) is 0 Å². The molecule has 0 aliphatic rings. The Hall–Kier alpha value is 0.100. The van der Waals surface area contributed by atoms with Crippen LogP contribution in [-0.4, -0.2) is 43.6 Å². The van der Waals surface area contributed by atoms with Crippen LogP contribution >= 0.6 is 15.2 Å². The summed E-state index contributed by atoms with van der Waals surface area (Å²) in [5, 5.41) is 0. The number of nitrogens with zero attached hydrogens (tertiary/aromatic N) is 1. The third kappa shape index (κ3) is 25.1. The summed E-state index contributed by atoms with van der Waals surface area (Å²) < 4.78 is 21.7. The lowest BCUT2D eigenvalue weighted by Crippen LogP contribution is -2.27. The van der Waals surface area contributed by atoms with Crippen molar-refractivity contribution in [2.24, 2.45) is 0 Å². The first-order valence-corrected chi connectivity index (χ1v) is 9.55. The van der Waals surface area contributed by atoms with Crippen molar-refractivity contribution in [1.82, 2.24) is 29.5 Å². The maximum Gasteiger partial charge on any atom is 0.339 e. The van der Waals surface area contributed by atoms with E-state index in [4.69, 9.17) is 19.6 Å². The van der Waals surface area contributed by atoms with Gasteiger partial charge in [0.05, 0.1) is 0 Å². The molecule has 0 amide bonds. The normalized spacial score (nSPS) is 10.8. The largest absolute Gasteiger partial charge is 0.344 e. The van der Waals surface area contributed by atoms with Crippen LogP contribution < -0.4 is 24.6 Å². The van der Waals surface area contributed by atoms with Gasteiger partial charge in [-0.3, -0.25) is 14.0 Å². The Bertz CT molecular complexity index is 300. The average molecular weight is 371 g/mol. The van der Waals surface area contributed by atoms with Gasteiger partial charge < -0.3 is 44.2 Å². The van der Waals surface area contributed by atoms with Crippen molar-refractivity contribution >= 4 is 15.2 Å². The van der Waals surface area contributed by atoms with Crippen LogP contribution in [0.1, 0.15) is 39.0 Å². The van der Waals surface area contributed by atoms with E-state index >= 15 is 0 Å². The standard InChI is InChI=1S/C9H23NO6P2.4H3N/c1-2-3-4-5-6-7-10(8-17(11,12)13)9-18(14,15)16;;;;/h2-9H2,1H3,(H2,11,12,13)(H2,14,15,16);4*1H3. The molecule has 16 N–H and O–H groups in total. The van der Waals surface area contributed by atoms with Gasteiger partial charge in [0.1, 0.15) is 12.6 Å². The van der Waals surface area contributed by atoms with Crippen molar-refractivity contribution in [3.05, 3.63) is 0 Å². The summed E-state index contributed by atoms with van der Waals surface area (Å²) in [6, 6.07) is 0. The fraction of sp³-hybridized carbons (Fsp3) is 1.00. The molecule has 0 atom stereocenters. The lowest BCUT2D eigenvalue weighted by molar-refractivity contribution is 0.273. The zero-order chi connectivity index (χ0) is 14.2. The molecule has 13 heteroatoms. The van der Waals surface area contributed by atoms with E-state index in [0.717, 1.165) is 30.6 Å². The summed E-state index contributed by atoms with van der Waals surface area (Å²) in [5.74, 6) is 0. The zero-order valence-corrected chi connectivity index (χ0v) is 15.2. The Morgan fingerprint density at radius 1 is 0.727 bits per heavy atom. The van der Waals surface area contributed by atoms with Gasteiger partial charge in [-0.05, 0) is 13.0 Å². The smallest absolute Gasteiger partial charge is 0.339 e. The lowest BCUT2D eigenvalue weighted by atomic mass is 10.1. The van der Waals surface area contributed by atoms with E-state index in [-0.39, 0.29) is 24.6 Å². The van der Waals surface area contributed by atoms with E-state index in [2.05, 4.69) is 6.92 Å². The lowest BCUT2D eigenvalue weighted by Gasteiger charge is -2.22. The molecule has 0 bridgehead atoms. The molecule has 11 nitrogen and oxygen atoms in total. The molecule has 0 unspecified atom stereocenters. The molecule has 0 heterocycles. The van der Waals surface area contributed by atoms with Crippen molar-refractivity contribution in [1.29, 1.82) is 0 Å². The van der Waals surface area contributed by atoms with Crippen LogP contribution in [0.25, 0.3) is 0 Å². The molecule has 142 valence electrons. The zero-order valence-electron chi connectivity index (χ0n) is 13.4. The minimum atomic E-state index is -4.29. The van der Waals surface area contributed by atoms with Gasteiger partial charge in [0.15, 0.2) is 0 Å². The van der Waals surface area contributed by atoms with Crippen LogP contribution in [0.5, 0.6) is 0 Å². The fourth-order valence-electron chi connectivity index (χ4n) is 1.65. The highest BCUT2D eigenvalue weighted by molar-refractivity contribution is 7.52. The van der Waals surface area contributed by atoms with Crippen LogP contribution in [0, 0.1) is 0 Å². The minimum Gasteiger partial charge on any atom is -0.344 e. The second-order valence-corrected chi connectivity index (χ2v) is 7.65. The summed E-state index contributed by atoms with van der Waals surface area (Å²) in [6.07, 6.45) is 3.58. The van der Waals surface area contributed by atoms with Gasteiger partial charge >= 0.3 is 15.2 Å². The van der Waals surface area contributed by atoms with E-state index < -0.39 is 27.8 Å². The fourth-order valence-corrected chi connectivity index (χ4v) is 3.33. The SMILES string of the molecule is CCCCCCCN(CP(=O)(O)O)CP(=O)(O)O.N.N.N.N. The maximum absolute atomic E-state index is 10.9. The molecule has 0 aliphatic heterocycles. The molecule has 0 aromatic carbocycles. The van der Waals surface area contributed by atoms with Crippen molar-refractivity contribution < 1.29 is 28.7 Å². The molecule has 0 aromatic heterocycles. The van der Waals surface area contributed by atoms with Crippen LogP contribution in [0.4, 0.5) is 0 Å². The number of rotatable bonds is 10. The van der Waals surface area contributed by atoms with Crippen molar-refractivity contribution in [3.63, 3.8) is 0 Å². The van der Waals surface area contributed by atoms with E-state index in [9.17, 15) is 9.13 Å². The van der Waals surface area contributed by atoms with Crippen LogP contribution in [0.2, 0.25) is 0 Å². The Labute approximate surface area is 132 Å². The second kappa shape index (κ2) is 16.0. The van der Waals surface area contributed by atoms with Crippen LogP contribution in [0.3, 0.4) is 0 Å². The van der Waals surface area contributed by atoms with Gasteiger partial charge in [-0.25, -0.2) is 0 Å². The monoisotopic (exact) mass is 371 g/mol. The highest BCUT2D eigenvalue weighted by Crippen LogP contribution is 2.40. The molecule has 0 saturated carbocycles. The molecule has 0 aromatic rings.